The summed E-state index contributed by atoms with van der Waals surface area (Å²) in [6.07, 6.45) is -0.865. The molecule has 0 amide bonds. The Morgan fingerprint density at radius 3 is 2.67 bits per heavy atom. The van der Waals surface area contributed by atoms with Gasteiger partial charge in [0.15, 0.2) is 0 Å². The van der Waals surface area contributed by atoms with Gasteiger partial charge in [0.2, 0.25) is 0 Å². The number of hydrogen-bond acceptors (Lipinski definition) is 2. The molecule has 4 heteroatoms. The van der Waals surface area contributed by atoms with E-state index in [0.717, 1.165) is 6.07 Å². The molecular weight excluding hydrogens is 199 g/mol. The lowest BCUT2D eigenvalue weighted by Gasteiger charge is -2.17. The van der Waals surface area contributed by atoms with Crippen LogP contribution in [0.2, 0.25) is 0 Å². The van der Waals surface area contributed by atoms with E-state index >= 15 is 0 Å². The van der Waals surface area contributed by atoms with Gasteiger partial charge in [-0.05, 0) is 24.1 Å². The number of aliphatic hydroxyl groups is 1. The van der Waals surface area contributed by atoms with Crippen LogP contribution in [0.5, 0.6) is 0 Å². The molecule has 0 aliphatic rings. The molecule has 2 unspecified atom stereocenters. The number of hydrogen-bond donors (Lipinski definition) is 2. The Bertz CT molecular complexity index is 351. The van der Waals surface area contributed by atoms with Crippen LogP contribution in [0.25, 0.3) is 0 Å². The van der Waals surface area contributed by atoms with Crippen molar-refractivity contribution in [2.24, 2.45) is 5.92 Å². The van der Waals surface area contributed by atoms with Crippen LogP contribution in [0.3, 0.4) is 0 Å². The van der Waals surface area contributed by atoms with Gasteiger partial charge in [0.1, 0.15) is 5.82 Å². The Morgan fingerprint density at radius 1 is 1.53 bits per heavy atom. The van der Waals surface area contributed by atoms with Crippen molar-refractivity contribution in [3.05, 3.63) is 35.6 Å². The molecule has 1 rings (SSSR count). The molecule has 0 saturated heterocycles. The third-order valence-electron chi connectivity index (χ3n) is 2.33. The van der Waals surface area contributed by atoms with Gasteiger partial charge in [-0.15, -0.1) is 0 Å². The Labute approximate surface area is 87.2 Å². The largest absolute Gasteiger partial charge is 0.481 e. The van der Waals surface area contributed by atoms with Gasteiger partial charge >= 0.3 is 5.97 Å². The minimum atomic E-state index is -1.16. The molecule has 0 aliphatic heterocycles. The maximum atomic E-state index is 12.8. The minimum Gasteiger partial charge on any atom is -0.481 e. The zero-order valence-corrected chi connectivity index (χ0v) is 8.35. The van der Waals surface area contributed by atoms with Crippen molar-refractivity contribution in [3.63, 3.8) is 0 Å². The van der Waals surface area contributed by atoms with E-state index in [1.807, 2.05) is 0 Å². The molecule has 1 aromatic rings. The number of aliphatic carboxylic acids is 1. The third-order valence-corrected chi connectivity index (χ3v) is 2.33. The summed E-state index contributed by atoms with van der Waals surface area (Å²) in [6, 6.07) is 5.36. The van der Waals surface area contributed by atoms with Gasteiger partial charge in [-0.2, -0.15) is 0 Å². The standard InChI is InChI=1S/C11H13FO3/c1-2-9(11(14)15)10(13)7-4-3-5-8(12)6-7/h3-6,9-10,13H,2H2,1H3,(H,14,15). The third kappa shape index (κ3) is 2.76. The lowest BCUT2D eigenvalue weighted by Crippen LogP contribution is -2.21. The van der Waals surface area contributed by atoms with Gasteiger partial charge in [0.05, 0.1) is 12.0 Å². The first-order valence-corrected chi connectivity index (χ1v) is 4.72. The number of benzene rings is 1. The second-order valence-corrected chi connectivity index (χ2v) is 3.35. The minimum absolute atomic E-state index is 0.296. The Morgan fingerprint density at radius 2 is 2.20 bits per heavy atom. The first kappa shape index (κ1) is 11.7. The molecule has 0 heterocycles. The van der Waals surface area contributed by atoms with Gasteiger partial charge in [-0.1, -0.05) is 19.1 Å². The van der Waals surface area contributed by atoms with Crippen molar-refractivity contribution >= 4 is 5.97 Å². The summed E-state index contributed by atoms with van der Waals surface area (Å²) < 4.78 is 12.8. The second-order valence-electron chi connectivity index (χ2n) is 3.35. The average molecular weight is 212 g/mol. The fourth-order valence-corrected chi connectivity index (χ4v) is 1.46. The lowest BCUT2D eigenvalue weighted by atomic mass is 9.94. The molecule has 82 valence electrons. The van der Waals surface area contributed by atoms with Crippen molar-refractivity contribution in [2.75, 3.05) is 0 Å². The van der Waals surface area contributed by atoms with Crippen molar-refractivity contribution in [1.29, 1.82) is 0 Å². The monoisotopic (exact) mass is 212 g/mol. The first-order valence-electron chi connectivity index (χ1n) is 4.72. The van der Waals surface area contributed by atoms with Crippen LogP contribution in [0.1, 0.15) is 25.0 Å². The Kier molecular flexibility index (Phi) is 3.80. The van der Waals surface area contributed by atoms with Crippen LogP contribution in [0, 0.1) is 11.7 Å². The van der Waals surface area contributed by atoms with Crippen LogP contribution in [0.4, 0.5) is 4.39 Å². The summed E-state index contributed by atoms with van der Waals surface area (Å²) in [5.74, 6) is -2.45. The fourth-order valence-electron chi connectivity index (χ4n) is 1.46. The number of carboxylic acid groups (broad SMARTS) is 1. The van der Waals surface area contributed by atoms with E-state index in [-0.39, 0.29) is 0 Å². The molecular formula is C11H13FO3. The molecule has 1 aromatic carbocycles. The molecule has 0 aromatic heterocycles. The zero-order valence-electron chi connectivity index (χ0n) is 8.35. The van der Waals surface area contributed by atoms with Crippen LogP contribution in [-0.4, -0.2) is 16.2 Å². The number of rotatable bonds is 4. The number of aliphatic hydroxyl groups excluding tert-OH is 1. The summed E-state index contributed by atoms with van der Waals surface area (Å²) >= 11 is 0. The van der Waals surface area contributed by atoms with Crippen LogP contribution in [0.15, 0.2) is 24.3 Å². The number of carboxylic acids is 1. The normalized spacial score (nSPS) is 14.6. The lowest BCUT2D eigenvalue weighted by molar-refractivity contribution is -0.146. The highest BCUT2D eigenvalue weighted by molar-refractivity contribution is 5.70. The van der Waals surface area contributed by atoms with Crippen molar-refractivity contribution < 1.29 is 19.4 Å². The van der Waals surface area contributed by atoms with Gasteiger partial charge < -0.3 is 10.2 Å². The molecule has 0 spiro atoms. The van der Waals surface area contributed by atoms with Gasteiger partial charge in [0.25, 0.3) is 0 Å². The van der Waals surface area contributed by atoms with Crippen molar-refractivity contribution in [2.45, 2.75) is 19.4 Å². The Balaban J connectivity index is 2.92. The predicted molar refractivity (Wildman–Crippen MR) is 52.8 cm³/mol. The molecule has 2 N–H and O–H groups in total. The molecule has 0 fully saturated rings. The molecule has 0 radical (unpaired) electrons. The highest BCUT2D eigenvalue weighted by Gasteiger charge is 2.25. The van der Waals surface area contributed by atoms with E-state index in [9.17, 15) is 14.3 Å². The van der Waals surface area contributed by atoms with Gasteiger partial charge in [-0.25, -0.2) is 4.39 Å². The summed E-state index contributed by atoms with van der Waals surface area (Å²) in [6.45, 7) is 1.67. The summed E-state index contributed by atoms with van der Waals surface area (Å²) in [5, 5.41) is 18.5. The highest BCUT2D eigenvalue weighted by Crippen LogP contribution is 2.25. The molecule has 0 bridgehead atoms. The fraction of sp³-hybridized carbons (Fsp3) is 0.364. The van der Waals surface area contributed by atoms with E-state index in [1.54, 1.807) is 6.92 Å². The van der Waals surface area contributed by atoms with Crippen LogP contribution >= 0.6 is 0 Å². The van der Waals surface area contributed by atoms with Gasteiger partial charge in [-0.3, -0.25) is 4.79 Å². The molecule has 0 saturated carbocycles. The highest BCUT2D eigenvalue weighted by atomic mass is 19.1. The van der Waals surface area contributed by atoms with E-state index < -0.39 is 23.8 Å². The van der Waals surface area contributed by atoms with E-state index in [4.69, 9.17) is 5.11 Å². The van der Waals surface area contributed by atoms with E-state index in [2.05, 4.69) is 0 Å². The van der Waals surface area contributed by atoms with Crippen LogP contribution < -0.4 is 0 Å². The van der Waals surface area contributed by atoms with Crippen LogP contribution in [-0.2, 0) is 4.79 Å². The maximum Gasteiger partial charge on any atom is 0.309 e. The van der Waals surface area contributed by atoms with E-state index in [1.165, 1.54) is 18.2 Å². The summed E-state index contributed by atoms with van der Waals surface area (Å²) in [7, 11) is 0. The van der Waals surface area contributed by atoms with E-state index in [0.29, 0.717) is 12.0 Å². The number of carbonyl (C=O) groups is 1. The molecule has 15 heavy (non-hydrogen) atoms. The van der Waals surface area contributed by atoms with Crippen molar-refractivity contribution in [1.82, 2.24) is 0 Å². The summed E-state index contributed by atoms with van der Waals surface area (Å²) in [4.78, 5) is 10.8. The quantitative estimate of drug-likeness (QED) is 0.802. The molecule has 3 nitrogen and oxygen atoms in total. The Hall–Kier alpha value is -1.42. The topological polar surface area (TPSA) is 57.5 Å². The average Bonchev–Trinajstić information content (AvgIpc) is 2.18. The molecule has 2 atom stereocenters. The predicted octanol–water partition coefficient (Wildman–Crippen LogP) is 1.97. The second kappa shape index (κ2) is 4.89. The number of halogens is 1. The SMILES string of the molecule is CCC(C(=O)O)C(O)c1cccc(F)c1. The first-order chi connectivity index (χ1) is 7.06. The molecule has 0 aliphatic carbocycles. The maximum absolute atomic E-state index is 12.8. The van der Waals surface area contributed by atoms with Crippen molar-refractivity contribution in [3.8, 4) is 0 Å². The van der Waals surface area contributed by atoms with Gasteiger partial charge in [0, 0.05) is 0 Å². The smallest absolute Gasteiger partial charge is 0.309 e. The summed E-state index contributed by atoms with van der Waals surface area (Å²) in [5.41, 5.74) is 0.296. The zero-order chi connectivity index (χ0) is 11.4.